The number of ether oxygens (including phenoxy) is 2. The molecule has 0 amide bonds. The van der Waals surface area contributed by atoms with Gasteiger partial charge in [-0.15, -0.1) is 0 Å². The lowest BCUT2D eigenvalue weighted by molar-refractivity contribution is 0.255. The first-order chi connectivity index (χ1) is 6.95. The SMILES string of the molecule is C1=COC(SSC2C=CC=CO2)C=C1. The standard InChI is InChI=1S/C10H10O2S2/c1-3-7-11-9(5-1)13-14-10-6-2-4-8-12-10/h1-10H. The van der Waals surface area contributed by atoms with Gasteiger partial charge >= 0.3 is 0 Å². The van der Waals surface area contributed by atoms with Crippen molar-refractivity contribution in [1.29, 1.82) is 0 Å². The topological polar surface area (TPSA) is 18.5 Å². The molecule has 2 aliphatic rings. The summed E-state index contributed by atoms with van der Waals surface area (Å²) in [5.41, 5.74) is 0.181. The van der Waals surface area contributed by atoms with E-state index in [1.165, 1.54) is 0 Å². The first-order valence-corrected chi connectivity index (χ1v) is 6.52. The largest absolute Gasteiger partial charge is 0.482 e. The van der Waals surface area contributed by atoms with Crippen molar-refractivity contribution in [2.45, 2.75) is 10.9 Å². The summed E-state index contributed by atoms with van der Waals surface area (Å²) in [5.74, 6) is 0. The van der Waals surface area contributed by atoms with Gasteiger partial charge < -0.3 is 9.47 Å². The summed E-state index contributed by atoms with van der Waals surface area (Å²) in [6.45, 7) is 0. The first-order valence-electron chi connectivity index (χ1n) is 4.25. The van der Waals surface area contributed by atoms with Gasteiger partial charge in [-0.3, -0.25) is 0 Å². The minimum absolute atomic E-state index is 0.0907. The second-order valence-electron chi connectivity index (χ2n) is 2.63. The van der Waals surface area contributed by atoms with Gasteiger partial charge in [-0.25, -0.2) is 0 Å². The molecule has 0 N–H and O–H groups in total. The smallest absolute Gasteiger partial charge is 0.172 e. The van der Waals surface area contributed by atoms with Crippen LogP contribution >= 0.6 is 21.6 Å². The fourth-order valence-electron chi connectivity index (χ4n) is 0.956. The van der Waals surface area contributed by atoms with E-state index < -0.39 is 0 Å². The summed E-state index contributed by atoms with van der Waals surface area (Å²) >= 11 is 0. The molecule has 0 spiro atoms. The highest BCUT2D eigenvalue weighted by Gasteiger charge is 2.12. The molecule has 0 saturated heterocycles. The molecule has 2 unspecified atom stereocenters. The molecule has 0 fully saturated rings. The Kier molecular flexibility index (Phi) is 3.65. The Morgan fingerprint density at radius 3 is 1.57 bits per heavy atom. The van der Waals surface area contributed by atoms with Crippen molar-refractivity contribution in [2.24, 2.45) is 0 Å². The summed E-state index contributed by atoms with van der Waals surface area (Å²) in [7, 11) is 3.30. The molecule has 14 heavy (non-hydrogen) atoms. The second-order valence-corrected chi connectivity index (χ2v) is 5.10. The third-order valence-electron chi connectivity index (χ3n) is 1.59. The molecule has 0 aromatic rings. The molecule has 2 heterocycles. The molecule has 2 nitrogen and oxygen atoms in total. The van der Waals surface area contributed by atoms with Crippen LogP contribution in [0.2, 0.25) is 0 Å². The Labute approximate surface area is 91.1 Å². The maximum Gasteiger partial charge on any atom is 0.172 e. The van der Waals surface area contributed by atoms with Gasteiger partial charge in [0.1, 0.15) is 0 Å². The lowest BCUT2D eigenvalue weighted by Crippen LogP contribution is -2.05. The molecule has 74 valence electrons. The third-order valence-corrected chi connectivity index (χ3v) is 4.08. The van der Waals surface area contributed by atoms with Gasteiger partial charge in [-0.2, -0.15) is 0 Å². The molecular formula is C10H10O2S2. The van der Waals surface area contributed by atoms with Crippen LogP contribution in [0.1, 0.15) is 0 Å². The fourth-order valence-corrected chi connectivity index (χ4v) is 3.02. The Hall–Kier alpha value is -0.740. The molecule has 2 aliphatic heterocycles. The third kappa shape index (κ3) is 2.89. The van der Waals surface area contributed by atoms with Gasteiger partial charge in [0.25, 0.3) is 0 Å². The van der Waals surface area contributed by atoms with Gasteiger partial charge in [0.05, 0.1) is 12.5 Å². The van der Waals surface area contributed by atoms with E-state index in [4.69, 9.17) is 9.47 Å². The molecule has 0 aromatic heterocycles. The Morgan fingerprint density at radius 2 is 1.21 bits per heavy atom. The van der Waals surface area contributed by atoms with Crippen LogP contribution in [0.3, 0.4) is 0 Å². The van der Waals surface area contributed by atoms with E-state index in [9.17, 15) is 0 Å². The predicted molar refractivity (Wildman–Crippen MR) is 61.5 cm³/mol. The molecular weight excluding hydrogens is 216 g/mol. The van der Waals surface area contributed by atoms with Gasteiger partial charge in [-0.1, -0.05) is 12.2 Å². The molecule has 0 radical (unpaired) electrons. The predicted octanol–water partition coefficient (Wildman–Crippen LogP) is 3.22. The van der Waals surface area contributed by atoms with Crippen LogP contribution in [0.15, 0.2) is 49.0 Å². The molecule has 0 aliphatic carbocycles. The second kappa shape index (κ2) is 5.22. The quantitative estimate of drug-likeness (QED) is 0.687. The van der Waals surface area contributed by atoms with E-state index in [-0.39, 0.29) is 10.9 Å². The van der Waals surface area contributed by atoms with E-state index in [2.05, 4.69) is 0 Å². The monoisotopic (exact) mass is 226 g/mol. The van der Waals surface area contributed by atoms with E-state index in [1.54, 1.807) is 34.1 Å². The fraction of sp³-hybridized carbons (Fsp3) is 0.200. The highest BCUT2D eigenvalue weighted by atomic mass is 33.1. The normalized spacial score (nSPS) is 28.6. The van der Waals surface area contributed by atoms with Crippen LogP contribution in [-0.4, -0.2) is 10.9 Å². The molecule has 0 saturated carbocycles. The maximum absolute atomic E-state index is 5.35. The van der Waals surface area contributed by atoms with Crippen molar-refractivity contribution in [1.82, 2.24) is 0 Å². The summed E-state index contributed by atoms with van der Waals surface area (Å²) in [6.07, 6.45) is 15.2. The van der Waals surface area contributed by atoms with Crippen LogP contribution in [0.4, 0.5) is 0 Å². The summed E-state index contributed by atoms with van der Waals surface area (Å²) < 4.78 is 10.7. The number of hydrogen-bond acceptors (Lipinski definition) is 4. The average molecular weight is 226 g/mol. The molecule has 0 bridgehead atoms. The van der Waals surface area contributed by atoms with Crippen molar-refractivity contribution in [2.75, 3.05) is 0 Å². The van der Waals surface area contributed by atoms with E-state index >= 15 is 0 Å². The van der Waals surface area contributed by atoms with E-state index in [0.29, 0.717) is 0 Å². The first kappa shape index (κ1) is 9.80. The minimum atomic E-state index is 0.0907. The van der Waals surface area contributed by atoms with Gasteiger partial charge in [0.15, 0.2) is 10.9 Å². The van der Waals surface area contributed by atoms with Crippen LogP contribution in [0.25, 0.3) is 0 Å². The zero-order valence-electron chi connectivity index (χ0n) is 7.41. The van der Waals surface area contributed by atoms with Crippen LogP contribution in [-0.2, 0) is 9.47 Å². The summed E-state index contributed by atoms with van der Waals surface area (Å²) in [5, 5.41) is 0. The van der Waals surface area contributed by atoms with Crippen molar-refractivity contribution < 1.29 is 9.47 Å². The van der Waals surface area contributed by atoms with E-state index in [0.717, 1.165) is 0 Å². The average Bonchev–Trinajstić information content (AvgIpc) is 2.29. The van der Waals surface area contributed by atoms with Gasteiger partial charge in [0, 0.05) is 0 Å². The van der Waals surface area contributed by atoms with Crippen LogP contribution in [0.5, 0.6) is 0 Å². The zero-order chi connectivity index (χ0) is 9.64. The van der Waals surface area contributed by atoms with Gasteiger partial charge in [0.2, 0.25) is 0 Å². The number of hydrogen-bond donors (Lipinski definition) is 0. The molecule has 2 atom stereocenters. The lowest BCUT2D eigenvalue weighted by atomic mass is 10.4. The Bertz CT molecular complexity index is 264. The molecule has 4 heteroatoms. The number of rotatable bonds is 3. The highest BCUT2D eigenvalue weighted by molar-refractivity contribution is 8.77. The Balaban J connectivity index is 1.72. The zero-order valence-corrected chi connectivity index (χ0v) is 9.04. The maximum atomic E-state index is 5.35. The van der Waals surface area contributed by atoms with Gasteiger partial charge in [-0.05, 0) is 45.9 Å². The van der Waals surface area contributed by atoms with E-state index in [1.807, 2.05) is 36.5 Å². The molecule has 2 rings (SSSR count). The van der Waals surface area contributed by atoms with Crippen LogP contribution < -0.4 is 0 Å². The molecule has 0 aromatic carbocycles. The highest BCUT2D eigenvalue weighted by Crippen LogP contribution is 2.35. The summed E-state index contributed by atoms with van der Waals surface area (Å²) in [4.78, 5) is 0. The Morgan fingerprint density at radius 1 is 0.714 bits per heavy atom. The van der Waals surface area contributed by atoms with Crippen LogP contribution in [0, 0.1) is 0 Å². The summed E-state index contributed by atoms with van der Waals surface area (Å²) in [6, 6.07) is 0. The van der Waals surface area contributed by atoms with Crippen molar-refractivity contribution >= 4 is 21.6 Å². The van der Waals surface area contributed by atoms with Crippen molar-refractivity contribution in [3.63, 3.8) is 0 Å². The van der Waals surface area contributed by atoms with Crippen molar-refractivity contribution in [3.8, 4) is 0 Å². The van der Waals surface area contributed by atoms with Crippen molar-refractivity contribution in [3.05, 3.63) is 49.0 Å². The lowest BCUT2D eigenvalue weighted by Gasteiger charge is -2.17. The number of allylic oxidation sites excluding steroid dienone is 4. The minimum Gasteiger partial charge on any atom is -0.482 e.